The lowest BCUT2D eigenvalue weighted by Gasteiger charge is -2.08. The van der Waals surface area contributed by atoms with Gasteiger partial charge in [-0.2, -0.15) is 0 Å². The number of sulfonamides is 1. The van der Waals surface area contributed by atoms with Gasteiger partial charge in [-0.25, -0.2) is 13.6 Å². The maximum atomic E-state index is 11.7. The molecule has 0 aliphatic rings. The number of primary sulfonamides is 1. The predicted octanol–water partition coefficient (Wildman–Crippen LogP) is 4.32. The number of anilines is 1. The summed E-state index contributed by atoms with van der Waals surface area (Å²) in [7, 11) is -2.35. The van der Waals surface area contributed by atoms with E-state index in [-0.39, 0.29) is 27.3 Å². The van der Waals surface area contributed by atoms with Crippen molar-refractivity contribution in [1.29, 1.82) is 0 Å². The van der Waals surface area contributed by atoms with Gasteiger partial charge < -0.3 is 15.0 Å². The molecule has 0 unspecified atom stereocenters. The zero-order valence-corrected chi connectivity index (χ0v) is 17.4. The van der Waals surface area contributed by atoms with Crippen molar-refractivity contribution in [3.63, 3.8) is 0 Å². The third kappa shape index (κ3) is 3.96. The summed E-state index contributed by atoms with van der Waals surface area (Å²) in [6.07, 6.45) is 0. The molecule has 0 spiro atoms. The summed E-state index contributed by atoms with van der Waals surface area (Å²) < 4.78 is 24.7. The monoisotopic (exact) mass is 457 g/mol. The zero-order chi connectivity index (χ0) is 20.6. The number of fused-ring (bicyclic) bond motifs is 1. The summed E-state index contributed by atoms with van der Waals surface area (Å²) in [5.74, 6) is -0.185. The SMILES string of the molecule is Cn1c(O)c(N=NC(=S)Nc2ccccc2S(N)(=O)=O)c2cc(Cl)cc(Cl)c21. The number of hydrogen-bond donors (Lipinski definition) is 3. The molecular weight excluding hydrogens is 445 g/mol. The third-order valence-electron chi connectivity index (χ3n) is 3.82. The second kappa shape index (κ2) is 7.64. The Hall–Kier alpha value is -2.24. The number of rotatable bonds is 3. The van der Waals surface area contributed by atoms with E-state index >= 15 is 0 Å². The topological polar surface area (TPSA) is 122 Å². The number of benzene rings is 2. The fourth-order valence-corrected chi connectivity index (χ4v) is 4.09. The Kier molecular flexibility index (Phi) is 5.60. The number of nitrogens with two attached hydrogens (primary N) is 1. The maximum absolute atomic E-state index is 11.7. The van der Waals surface area contributed by atoms with Gasteiger partial charge in [0.2, 0.25) is 21.0 Å². The molecule has 0 radical (unpaired) electrons. The summed E-state index contributed by atoms with van der Waals surface area (Å²) in [6, 6.07) is 9.08. The van der Waals surface area contributed by atoms with Crippen LogP contribution in [0.3, 0.4) is 0 Å². The summed E-state index contributed by atoms with van der Waals surface area (Å²) in [6.45, 7) is 0. The molecular formula is C16H13Cl2N5O3S2. The number of hydrogen-bond acceptors (Lipinski definition) is 5. The maximum Gasteiger partial charge on any atom is 0.240 e. The smallest absolute Gasteiger partial charge is 0.240 e. The van der Waals surface area contributed by atoms with Crippen molar-refractivity contribution in [2.45, 2.75) is 4.90 Å². The largest absolute Gasteiger partial charge is 0.493 e. The molecule has 3 aromatic rings. The second-order valence-corrected chi connectivity index (χ2v) is 8.45. The van der Waals surface area contributed by atoms with E-state index in [1.54, 1.807) is 25.2 Å². The highest BCUT2D eigenvalue weighted by atomic mass is 35.5. The minimum atomic E-state index is -3.95. The summed E-state index contributed by atoms with van der Waals surface area (Å²) >= 11 is 17.3. The molecule has 0 saturated carbocycles. The first-order valence-electron chi connectivity index (χ1n) is 7.60. The van der Waals surface area contributed by atoms with Crippen LogP contribution in [0, 0.1) is 0 Å². The number of thiocarbonyl (C=S) groups is 1. The van der Waals surface area contributed by atoms with Gasteiger partial charge in [-0.3, -0.25) is 0 Å². The Morgan fingerprint density at radius 1 is 1.29 bits per heavy atom. The molecule has 1 heterocycles. The summed E-state index contributed by atoms with van der Waals surface area (Å²) in [5.41, 5.74) is 0.795. The van der Waals surface area contributed by atoms with Gasteiger partial charge in [0.05, 0.1) is 16.2 Å². The number of para-hydroxylation sites is 1. The van der Waals surface area contributed by atoms with Crippen molar-refractivity contribution in [3.05, 3.63) is 46.4 Å². The molecule has 8 nitrogen and oxygen atoms in total. The molecule has 0 bridgehead atoms. The van der Waals surface area contributed by atoms with E-state index in [2.05, 4.69) is 15.5 Å². The van der Waals surface area contributed by atoms with Crippen molar-refractivity contribution in [3.8, 4) is 5.88 Å². The van der Waals surface area contributed by atoms with Crippen molar-refractivity contribution < 1.29 is 13.5 Å². The molecule has 0 atom stereocenters. The van der Waals surface area contributed by atoms with Gasteiger partial charge in [-0.05, 0) is 36.5 Å². The van der Waals surface area contributed by atoms with E-state index in [4.69, 9.17) is 40.6 Å². The molecule has 146 valence electrons. The second-order valence-electron chi connectivity index (χ2n) is 5.69. The standard InChI is InChI=1S/C16H13Cl2N5O3S2/c1-23-14-9(6-8(17)7-10(14)18)13(15(23)24)21-22-16(27)20-11-4-2-3-5-12(11)28(19,25)26/h2-7,24H,1H3,(H,20,27)(H2,19,25,26). The van der Waals surface area contributed by atoms with E-state index < -0.39 is 10.0 Å². The average molecular weight is 458 g/mol. The van der Waals surface area contributed by atoms with Crippen LogP contribution in [0.15, 0.2) is 51.5 Å². The number of aryl methyl sites for hydroxylation is 1. The van der Waals surface area contributed by atoms with Gasteiger partial charge in [0.15, 0.2) is 5.69 Å². The van der Waals surface area contributed by atoms with E-state index in [0.29, 0.717) is 20.9 Å². The average Bonchev–Trinajstić information content (AvgIpc) is 2.83. The minimum Gasteiger partial charge on any atom is -0.493 e. The molecule has 2 aromatic carbocycles. The van der Waals surface area contributed by atoms with E-state index in [0.717, 1.165) is 0 Å². The lowest BCUT2D eigenvalue weighted by Crippen LogP contribution is -2.16. The minimum absolute atomic E-state index is 0.116. The van der Waals surface area contributed by atoms with Crippen molar-refractivity contribution in [1.82, 2.24) is 4.57 Å². The first-order valence-corrected chi connectivity index (χ1v) is 10.3. The summed E-state index contributed by atoms with van der Waals surface area (Å²) in [4.78, 5) is -0.140. The predicted molar refractivity (Wildman–Crippen MR) is 113 cm³/mol. The van der Waals surface area contributed by atoms with Gasteiger partial charge in [0, 0.05) is 17.5 Å². The van der Waals surface area contributed by atoms with E-state index in [1.165, 1.54) is 22.8 Å². The molecule has 0 aliphatic carbocycles. The van der Waals surface area contributed by atoms with Crippen molar-refractivity contribution in [2.24, 2.45) is 22.4 Å². The lowest BCUT2D eigenvalue weighted by atomic mass is 10.2. The number of nitrogens with one attached hydrogen (secondary N) is 1. The van der Waals surface area contributed by atoms with Crippen LogP contribution >= 0.6 is 35.4 Å². The highest BCUT2D eigenvalue weighted by Gasteiger charge is 2.18. The molecule has 4 N–H and O–H groups in total. The lowest BCUT2D eigenvalue weighted by molar-refractivity contribution is 0.436. The first kappa shape index (κ1) is 20.5. The fourth-order valence-electron chi connectivity index (χ4n) is 2.62. The van der Waals surface area contributed by atoms with Gasteiger partial charge >= 0.3 is 0 Å². The van der Waals surface area contributed by atoms with Crippen LogP contribution in [0.4, 0.5) is 11.4 Å². The van der Waals surface area contributed by atoms with Gasteiger partial charge in [0.1, 0.15) is 4.90 Å². The Labute approximate surface area is 175 Å². The molecule has 12 heteroatoms. The van der Waals surface area contributed by atoms with Crippen LogP contribution in [-0.2, 0) is 17.1 Å². The molecule has 3 rings (SSSR count). The van der Waals surface area contributed by atoms with Crippen LogP contribution in [0.5, 0.6) is 5.88 Å². The highest BCUT2D eigenvalue weighted by Crippen LogP contribution is 2.42. The van der Waals surface area contributed by atoms with Crippen LogP contribution < -0.4 is 10.5 Å². The Morgan fingerprint density at radius 2 is 1.96 bits per heavy atom. The van der Waals surface area contributed by atoms with E-state index in [9.17, 15) is 13.5 Å². The van der Waals surface area contributed by atoms with Crippen LogP contribution in [0.1, 0.15) is 0 Å². The van der Waals surface area contributed by atoms with Crippen LogP contribution in [0.25, 0.3) is 10.9 Å². The summed E-state index contributed by atoms with van der Waals surface area (Å²) in [5, 5.41) is 27.0. The quantitative estimate of drug-likeness (QED) is 0.399. The fraction of sp³-hybridized carbons (Fsp3) is 0.0625. The van der Waals surface area contributed by atoms with Gasteiger partial charge in [-0.15, -0.1) is 10.2 Å². The number of aromatic nitrogens is 1. The number of aromatic hydroxyl groups is 1. The highest BCUT2D eigenvalue weighted by molar-refractivity contribution is 7.89. The third-order valence-corrected chi connectivity index (χ3v) is 5.48. The van der Waals surface area contributed by atoms with Crippen LogP contribution in [-0.4, -0.2) is 23.2 Å². The van der Waals surface area contributed by atoms with Gasteiger partial charge in [0.25, 0.3) is 0 Å². The first-order chi connectivity index (χ1) is 13.1. The number of azo groups is 1. The van der Waals surface area contributed by atoms with E-state index in [1.807, 2.05) is 0 Å². The van der Waals surface area contributed by atoms with Gasteiger partial charge in [-0.1, -0.05) is 35.3 Å². The Balaban J connectivity index is 1.96. The normalized spacial score (nSPS) is 12.0. The zero-order valence-electron chi connectivity index (χ0n) is 14.2. The van der Waals surface area contributed by atoms with Crippen molar-refractivity contribution in [2.75, 3.05) is 5.32 Å². The van der Waals surface area contributed by atoms with Crippen molar-refractivity contribution >= 4 is 72.8 Å². The van der Waals surface area contributed by atoms with Crippen LogP contribution in [0.2, 0.25) is 10.0 Å². The Bertz CT molecular complexity index is 1240. The molecule has 0 aliphatic heterocycles. The number of halogens is 2. The molecule has 0 fully saturated rings. The Morgan fingerprint density at radius 3 is 2.64 bits per heavy atom. The molecule has 0 saturated heterocycles. The molecule has 28 heavy (non-hydrogen) atoms. The molecule has 1 aromatic heterocycles. The molecule has 0 amide bonds. The number of nitrogens with zero attached hydrogens (tertiary/aromatic N) is 3.